The fraction of sp³-hybridized carbons (Fsp3) is 0. The van der Waals surface area contributed by atoms with Crippen LogP contribution in [0.25, 0.3) is 6.08 Å². The van der Waals surface area contributed by atoms with Crippen LogP contribution in [0.4, 0.5) is 0 Å². The summed E-state index contributed by atoms with van der Waals surface area (Å²) in [6.45, 7) is 0. The molecule has 6 heteroatoms. The van der Waals surface area contributed by atoms with Crippen molar-refractivity contribution < 1.29 is 19.8 Å². The maximum atomic E-state index is 12.0. The van der Waals surface area contributed by atoms with Gasteiger partial charge in [-0.2, -0.15) is 11.3 Å². The second-order valence-corrected chi connectivity index (χ2v) is 5.60. The number of aromatic hydroxyl groups is 1. The van der Waals surface area contributed by atoms with Crippen LogP contribution in [0.15, 0.2) is 39.5 Å². The number of carboxylic acid groups (broad SMARTS) is 1. The van der Waals surface area contributed by atoms with Crippen molar-refractivity contribution >= 4 is 45.1 Å². The predicted octanol–water partition coefficient (Wildman–Crippen LogP) is 3.81. The monoisotopic (exact) mass is 352 g/mol. The number of rotatable bonds is 4. The number of ketones is 1. The third-order valence-corrected chi connectivity index (χ3v) is 3.70. The standard InChI is InChI=1S/C14H9BrO4S/c15-9-5-10(13(17)11(6-9)14(18)19)12(16)2-1-8-3-4-20-7-8/h1-7,17H,(H,18,19)/b2-1+. The number of halogens is 1. The Bertz CT molecular complexity index is 689. The first-order chi connectivity index (χ1) is 9.49. The minimum Gasteiger partial charge on any atom is -0.506 e. The molecule has 20 heavy (non-hydrogen) atoms. The molecule has 0 amide bonds. The number of phenols is 1. The molecule has 102 valence electrons. The normalized spacial score (nSPS) is 10.8. The van der Waals surface area contributed by atoms with Crippen molar-refractivity contribution in [3.8, 4) is 5.75 Å². The molecule has 2 aromatic rings. The van der Waals surface area contributed by atoms with Gasteiger partial charge in [0, 0.05) is 4.47 Å². The van der Waals surface area contributed by atoms with Gasteiger partial charge < -0.3 is 10.2 Å². The van der Waals surface area contributed by atoms with E-state index in [1.54, 1.807) is 6.08 Å². The molecular formula is C14H9BrO4S. The van der Waals surface area contributed by atoms with Crippen LogP contribution < -0.4 is 0 Å². The lowest BCUT2D eigenvalue weighted by atomic mass is 10.0. The third-order valence-electron chi connectivity index (χ3n) is 2.54. The molecule has 0 saturated carbocycles. The molecule has 0 aliphatic heterocycles. The first-order valence-electron chi connectivity index (χ1n) is 5.49. The molecule has 2 rings (SSSR count). The van der Waals surface area contributed by atoms with Gasteiger partial charge in [-0.25, -0.2) is 4.79 Å². The Hall–Kier alpha value is -1.92. The van der Waals surface area contributed by atoms with Gasteiger partial charge in [0.15, 0.2) is 5.78 Å². The summed E-state index contributed by atoms with van der Waals surface area (Å²) in [7, 11) is 0. The van der Waals surface area contributed by atoms with E-state index in [1.807, 2.05) is 16.8 Å². The van der Waals surface area contributed by atoms with E-state index >= 15 is 0 Å². The number of carbonyl (C=O) groups is 2. The Labute approximate surface area is 127 Å². The zero-order chi connectivity index (χ0) is 14.7. The quantitative estimate of drug-likeness (QED) is 0.648. The van der Waals surface area contributed by atoms with Crippen molar-refractivity contribution in [1.29, 1.82) is 0 Å². The number of allylic oxidation sites excluding steroid dienone is 1. The van der Waals surface area contributed by atoms with E-state index < -0.39 is 17.5 Å². The second-order valence-electron chi connectivity index (χ2n) is 3.91. The van der Waals surface area contributed by atoms with Crippen molar-refractivity contribution in [2.75, 3.05) is 0 Å². The van der Waals surface area contributed by atoms with E-state index in [0.717, 1.165) is 5.56 Å². The van der Waals surface area contributed by atoms with Gasteiger partial charge in [0.25, 0.3) is 0 Å². The Morgan fingerprint density at radius 1 is 1.25 bits per heavy atom. The fourth-order valence-corrected chi connectivity index (χ4v) is 2.67. The Balaban J connectivity index is 2.37. The highest BCUT2D eigenvalue weighted by molar-refractivity contribution is 9.10. The summed E-state index contributed by atoms with van der Waals surface area (Å²) in [6.07, 6.45) is 2.91. The highest BCUT2D eigenvalue weighted by atomic mass is 79.9. The highest BCUT2D eigenvalue weighted by Gasteiger charge is 2.18. The lowest BCUT2D eigenvalue weighted by Crippen LogP contribution is -2.03. The van der Waals surface area contributed by atoms with E-state index in [2.05, 4.69) is 15.9 Å². The van der Waals surface area contributed by atoms with E-state index in [9.17, 15) is 14.7 Å². The van der Waals surface area contributed by atoms with E-state index in [4.69, 9.17) is 5.11 Å². The lowest BCUT2D eigenvalue weighted by Gasteiger charge is -2.05. The molecule has 1 heterocycles. The molecule has 1 aromatic carbocycles. The average Bonchev–Trinajstić information content (AvgIpc) is 2.91. The van der Waals surface area contributed by atoms with Crippen LogP contribution in [0, 0.1) is 0 Å². The maximum absolute atomic E-state index is 12.0. The zero-order valence-corrected chi connectivity index (χ0v) is 12.4. The topological polar surface area (TPSA) is 74.6 Å². The second kappa shape index (κ2) is 6.02. The van der Waals surface area contributed by atoms with Gasteiger partial charge >= 0.3 is 5.97 Å². The number of aromatic carboxylic acids is 1. The molecule has 0 spiro atoms. The van der Waals surface area contributed by atoms with Crippen molar-refractivity contribution in [3.63, 3.8) is 0 Å². The number of hydrogen-bond acceptors (Lipinski definition) is 4. The van der Waals surface area contributed by atoms with Crippen molar-refractivity contribution in [2.24, 2.45) is 0 Å². The summed E-state index contributed by atoms with van der Waals surface area (Å²) in [5.74, 6) is -2.28. The summed E-state index contributed by atoms with van der Waals surface area (Å²) in [5, 5.41) is 22.6. The Kier molecular flexibility index (Phi) is 4.36. The molecule has 0 bridgehead atoms. The Morgan fingerprint density at radius 2 is 1.95 bits per heavy atom. The van der Waals surface area contributed by atoms with Gasteiger partial charge in [0.2, 0.25) is 0 Å². The van der Waals surface area contributed by atoms with Gasteiger partial charge in [-0.05, 0) is 40.6 Å². The molecular weight excluding hydrogens is 344 g/mol. The molecule has 2 N–H and O–H groups in total. The van der Waals surface area contributed by atoms with Crippen LogP contribution >= 0.6 is 27.3 Å². The summed E-state index contributed by atoms with van der Waals surface area (Å²) < 4.78 is 0.417. The summed E-state index contributed by atoms with van der Waals surface area (Å²) in [5.41, 5.74) is 0.506. The number of carboxylic acids is 1. The predicted molar refractivity (Wildman–Crippen MR) is 80.4 cm³/mol. The molecule has 0 fully saturated rings. The van der Waals surface area contributed by atoms with Crippen LogP contribution in [0.5, 0.6) is 5.75 Å². The highest BCUT2D eigenvalue weighted by Crippen LogP contribution is 2.28. The summed E-state index contributed by atoms with van der Waals surface area (Å²) in [6, 6.07) is 4.48. The molecule has 0 saturated heterocycles. The summed E-state index contributed by atoms with van der Waals surface area (Å²) >= 11 is 4.63. The fourth-order valence-electron chi connectivity index (χ4n) is 1.58. The van der Waals surface area contributed by atoms with E-state index in [1.165, 1.54) is 29.5 Å². The minimum absolute atomic E-state index is 0.0525. The van der Waals surface area contributed by atoms with Gasteiger partial charge in [0.05, 0.1) is 5.56 Å². The van der Waals surface area contributed by atoms with E-state index in [-0.39, 0.29) is 11.1 Å². The zero-order valence-electron chi connectivity index (χ0n) is 10.0. The van der Waals surface area contributed by atoms with Gasteiger partial charge in [-0.1, -0.05) is 22.0 Å². The van der Waals surface area contributed by atoms with E-state index in [0.29, 0.717) is 4.47 Å². The van der Waals surface area contributed by atoms with Crippen molar-refractivity contribution in [1.82, 2.24) is 0 Å². The SMILES string of the molecule is O=C(O)c1cc(Br)cc(C(=O)/C=C/c2ccsc2)c1O. The van der Waals surface area contributed by atoms with Crippen LogP contribution in [-0.4, -0.2) is 22.0 Å². The number of thiophene rings is 1. The van der Waals surface area contributed by atoms with Crippen molar-refractivity contribution in [3.05, 3.63) is 56.2 Å². The van der Waals surface area contributed by atoms with Gasteiger partial charge in [-0.3, -0.25) is 4.79 Å². The smallest absolute Gasteiger partial charge is 0.339 e. The molecule has 0 unspecified atom stereocenters. The molecule has 4 nitrogen and oxygen atoms in total. The first-order valence-corrected chi connectivity index (χ1v) is 7.23. The van der Waals surface area contributed by atoms with Crippen LogP contribution in [0.2, 0.25) is 0 Å². The number of benzene rings is 1. The largest absolute Gasteiger partial charge is 0.506 e. The molecule has 0 radical (unpaired) electrons. The molecule has 0 aliphatic carbocycles. The van der Waals surface area contributed by atoms with Gasteiger partial charge in [0.1, 0.15) is 11.3 Å². The number of hydrogen-bond donors (Lipinski definition) is 2. The third kappa shape index (κ3) is 3.15. The molecule has 0 aliphatic rings. The molecule has 1 aromatic heterocycles. The lowest BCUT2D eigenvalue weighted by molar-refractivity contribution is 0.0693. The van der Waals surface area contributed by atoms with Crippen LogP contribution in [0.1, 0.15) is 26.3 Å². The average molecular weight is 353 g/mol. The first kappa shape index (κ1) is 14.5. The van der Waals surface area contributed by atoms with Crippen LogP contribution in [0.3, 0.4) is 0 Å². The Morgan fingerprint density at radius 3 is 2.55 bits per heavy atom. The summed E-state index contributed by atoms with van der Waals surface area (Å²) in [4.78, 5) is 23.0. The molecule has 0 atom stereocenters. The number of carbonyl (C=O) groups excluding carboxylic acids is 1. The van der Waals surface area contributed by atoms with Gasteiger partial charge in [-0.15, -0.1) is 0 Å². The van der Waals surface area contributed by atoms with Crippen molar-refractivity contribution in [2.45, 2.75) is 0 Å². The van der Waals surface area contributed by atoms with Crippen LogP contribution in [-0.2, 0) is 0 Å². The minimum atomic E-state index is -1.29. The maximum Gasteiger partial charge on any atom is 0.339 e.